The van der Waals surface area contributed by atoms with Crippen molar-refractivity contribution < 1.29 is 9.53 Å². The molecule has 1 amide bonds. The van der Waals surface area contributed by atoms with Crippen LogP contribution in [0.1, 0.15) is 20.3 Å². The summed E-state index contributed by atoms with van der Waals surface area (Å²) in [5.74, 6) is 1.34. The Kier molecular flexibility index (Phi) is 5.41. The summed E-state index contributed by atoms with van der Waals surface area (Å²) >= 11 is 0. The molecule has 110 valence electrons. The summed E-state index contributed by atoms with van der Waals surface area (Å²) in [6.45, 7) is 9.00. The smallest absolute Gasteiger partial charge is 0.410 e. The summed E-state index contributed by atoms with van der Waals surface area (Å²) < 4.78 is 5.36. The van der Waals surface area contributed by atoms with E-state index in [2.05, 4.69) is 18.7 Å². The number of rotatable bonds is 4. The first-order valence-corrected chi connectivity index (χ1v) is 7.39. The van der Waals surface area contributed by atoms with E-state index in [1.54, 1.807) is 17.0 Å². The van der Waals surface area contributed by atoms with E-state index in [4.69, 9.17) is 4.74 Å². The molecule has 4 heteroatoms. The highest BCUT2D eigenvalue weighted by Crippen LogP contribution is 2.12. The van der Waals surface area contributed by atoms with Crippen molar-refractivity contribution in [2.45, 2.75) is 20.3 Å². The lowest BCUT2D eigenvalue weighted by atomic mass is 10.1. The Morgan fingerprint density at radius 1 is 1.15 bits per heavy atom. The van der Waals surface area contributed by atoms with Crippen molar-refractivity contribution in [3.63, 3.8) is 0 Å². The van der Waals surface area contributed by atoms with Crippen molar-refractivity contribution in [2.75, 3.05) is 32.7 Å². The molecule has 1 aromatic carbocycles. The van der Waals surface area contributed by atoms with Gasteiger partial charge in [-0.2, -0.15) is 0 Å². The Balaban J connectivity index is 1.74. The van der Waals surface area contributed by atoms with Gasteiger partial charge in [-0.3, -0.25) is 4.90 Å². The van der Waals surface area contributed by atoms with Crippen LogP contribution in [0.15, 0.2) is 30.3 Å². The number of hydrogen-bond acceptors (Lipinski definition) is 3. The molecule has 0 unspecified atom stereocenters. The van der Waals surface area contributed by atoms with Crippen molar-refractivity contribution in [1.82, 2.24) is 9.80 Å². The Labute approximate surface area is 121 Å². The number of carbonyl (C=O) groups is 1. The molecule has 0 N–H and O–H groups in total. The normalized spacial score (nSPS) is 16.4. The zero-order valence-electron chi connectivity index (χ0n) is 12.4. The molecule has 0 radical (unpaired) electrons. The summed E-state index contributed by atoms with van der Waals surface area (Å²) in [5, 5.41) is 0. The monoisotopic (exact) mass is 276 g/mol. The third-order valence-corrected chi connectivity index (χ3v) is 3.60. The molecule has 4 nitrogen and oxygen atoms in total. The van der Waals surface area contributed by atoms with Crippen LogP contribution in [0.3, 0.4) is 0 Å². The van der Waals surface area contributed by atoms with Crippen LogP contribution in [0.4, 0.5) is 4.79 Å². The van der Waals surface area contributed by atoms with Gasteiger partial charge in [-0.25, -0.2) is 4.79 Å². The number of benzene rings is 1. The predicted molar refractivity (Wildman–Crippen MR) is 79.9 cm³/mol. The number of piperazine rings is 1. The fourth-order valence-electron chi connectivity index (χ4n) is 2.25. The molecule has 1 heterocycles. The van der Waals surface area contributed by atoms with E-state index in [9.17, 15) is 4.79 Å². The molecule has 1 saturated heterocycles. The van der Waals surface area contributed by atoms with Crippen molar-refractivity contribution in [3.8, 4) is 5.75 Å². The minimum atomic E-state index is -0.236. The van der Waals surface area contributed by atoms with E-state index < -0.39 is 0 Å². The molecular weight excluding hydrogens is 252 g/mol. The van der Waals surface area contributed by atoms with Gasteiger partial charge >= 0.3 is 6.09 Å². The topological polar surface area (TPSA) is 32.8 Å². The second-order valence-corrected chi connectivity index (χ2v) is 5.69. The van der Waals surface area contributed by atoms with Crippen LogP contribution in [0.2, 0.25) is 0 Å². The number of ether oxygens (including phenoxy) is 1. The van der Waals surface area contributed by atoms with E-state index in [-0.39, 0.29) is 6.09 Å². The number of para-hydroxylation sites is 1. The fourth-order valence-corrected chi connectivity index (χ4v) is 2.25. The van der Waals surface area contributed by atoms with Crippen molar-refractivity contribution in [3.05, 3.63) is 30.3 Å². The van der Waals surface area contributed by atoms with Gasteiger partial charge in [0.25, 0.3) is 0 Å². The van der Waals surface area contributed by atoms with E-state index in [0.717, 1.165) is 38.6 Å². The summed E-state index contributed by atoms with van der Waals surface area (Å²) in [4.78, 5) is 16.2. The number of amides is 1. The van der Waals surface area contributed by atoms with Gasteiger partial charge in [0, 0.05) is 26.2 Å². The molecule has 1 aliphatic rings. The lowest BCUT2D eigenvalue weighted by molar-refractivity contribution is 0.108. The minimum Gasteiger partial charge on any atom is -0.410 e. The highest BCUT2D eigenvalue weighted by atomic mass is 16.6. The lowest BCUT2D eigenvalue weighted by Crippen LogP contribution is -2.49. The van der Waals surface area contributed by atoms with Crippen LogP contribution in [0.25, 0.3) is 0 Å². The van der Waals surface area contributed by atoms with Crippen molar-refractivity contribution >= 4 is 6.09 Å². The van der Waals surface area contributed by atoms with Gasteiger partial charge in [0.05, 0.1) is 0 Å². The number of carbonyl (C=O) groups excluding carboxylic acids is 1. The van der Waals surface area contributed by atoms with E-state index >= 15 is 0 Å². The van der Waals surface area contributed by atoms with Gasteiger partial charge in [0.1, 0.15) is 5.75 Å². The van der Waals surface area contributed by atoms with Crippen molar-refractivity contribution in [1.29, 1.82) is 0 Å². The first-order chi connectivity index (χ1) is 9.65. The summed E-state index contributed by atoms with van der Waals surface area (Å²) in [7, 11) is 0. The Bertz CT molecular complexity index is 412. The first kappa shape index (κ1) is 14.9. The van der Waals surface area contributed by atoms with Crippen LogP contribution in [0.5, 0.6) is 5.75 Å². The average molecular weight is 276 g/mol. The van der Waals surface area contributed by atoms with Crippen LogP contribution >= 0.6 is 0 Å². The summed E-state index contributed by atoms with van der Waals surface area (Å²) in [5.41, 5.74) is 0. The molecule has 20 heavy (non-hydrogen) atoms. The first-order valence-electron chi connectivity index (χ1n) is 7.39. The maximum Gasteiger partial charge on any atom is 0.415 e. The van der Waals surface area contributed by atoms with Crippen LogP contribution in [-0.2, 0) is 0 Å². The maximum atomic E-state index is 12.0. The second-order valence-electron chi connectivity index (χ2n) is 5.69. The summed E-state index contributed by atoms with van der Waals surface area (Å²) in [6, 6.07) is 9.25. The molecule has 0 aromatic heterocycles. The average Bonchev–Trinajstić information content (AvgIpc) is 2.46. The standard InChI is InChI=1S/C16H24N2O2/c1-14(2)8-9-17-10-12-18(13-11-17)16(19)20-15-6-4-3-5-7-15/h3-7,14H,8-13H2,1-2H3. The molecule has 2 rings (SSSR count). The van der Waals surface area contributed by atoms with E-state index in [1.807, 2.05) is 18.2 Å². The maximum absolute atomic E-state index is 12.0. The molecule has 1 fully saturated rings. The van der Waals surface area contributed by atoms with Crippen LogP contribution < -0.4 is 4.74 Å². The van der Waals surface area contributed by atoms with Gasteiger partial charge in [-0.15, -0.1) is 0 Å². The quantitative estimate of drug-likeness (QED) is 0.847. The van der Waals surface area contributed by atoms with E-state index in [0.29, 0.717) is 5.75 Å². The Hall–Kier alpha value is -1.55. The van der Waals surface area contributed by atoms with Gasteiger partial charge in [-0.1, -0.05) is 32.0 Å². The second kappa shape index (κ2) is 7.29. The zero-order valence-corrected chi connectivity index (χ0v) is 12.4. The number of nitrogens with zero attached hydrogens (tertiary/aromatic N) is 2. The van der Waals surface area contributed by atoms with Crippen molar-refractivity contribution in [2.24, 2.45) is 5.92 Å². The molecule has 1 aliphatic heterocycles. The molecule has 0 atom stereocenters. The summed E-state index contributed by atoms with van der Waals surface area (Å²) in [6.07, 6.45) is 0.980. The van der Waals surface area contributed by atoms with Gasteiger partial charge in [0.2, 0.25) is 0 Å². The zero-order chi connectivity index (χ0) is 14.4. The third-order valence-electron chi connectivity index (χ3n) is 3.60. The molecule has 0 bridgehead atoms. The minimum absolute atomic E-state index is 0.236. The third kappa shape index (κ3) is 4.53. The Morgan fingerprint density at radius 3 is 2.40 bits per heavy atom. The van der Waals surface area contributed by atoms with Crippen LogP contribution in [-0.4, -0.2) is 48.6 Å². The highest BCUT2D eigenvalue weighted by molar-refractivity contribution is 5.70. The predicted octanol–water partition coefficient (Wildman–Crippen LogP) is 2.85. The molecule has 0 aliphatic carbocycles. The molecule has 1 aromatic rings. The molecule has 0 saturated carbocycles. The largest absolute Gasteiger partial charge is 0.415 e. The van der Waals surface area contributed by atoms with Crippen LogP contribution in [0, 0.1) is 5.92 Å². The van der Waals surface area contributed by atoms with E-state index in [1.165, 1.54) is 6.42 Å². The Morgan fingerprint density at radius 2 is 1.80 bits per heavy atom. The number of hydrogen-bond donors (Lipinski definition) is 0. The van der Waals surface area contributed by atoms with Gasteiger partial charge in [0.15, 0.2) is 0 Å². The van der Waals surface area contributed by atoms with Gasteiger partial charge < -0.3 is 9.64 Å². The fraction of sp³-hybridized carbons (Fsp3) is 0.562. The van der Waals surface area contributed by atoms with Gasteiger partial charge in [-0.05, 0) is 31.0 Å². The molecule has 0 spiro atoms. The molecular formula is C16H24N2O2. The highest BCUT2D eigenvalue weighted by Gasteiger charge is 2.22. The lowest BCUT2D eigenvalue weighted by Gasteiger charge is -2.34. The SMILES string of the molecule is CC(C)CCN1CCN(C(=O)Oc2ccccc2)CC1.